The summed E-state index contributed by atoms with van der Waals surface area (Å²) in [5.74, 6) is 0.958. The molecular weight excluding hydrogens is 317 g/mol. The van der Waals surface area contributed by atoms with E-state index in [2.05, 4.69) is 18.7 Å². The molecule has 3 fully saturated rings. The first kappa shape index (κ1) is 18.0. The van der Waals surface area contributed by atoms with Crippen LogP contribution in [0, 0.1) is 23.2 Å². The van der Waals surface area contributed by atoms with Gasteiger partial charge >= 0.3 is 6.18 Å². The summed E-state index contributed by atoms with van der Waals surface area (Å²) in [7, 11) is 0. The SMILES string of the molecule is CC(C)CN1CCC([C@@H]2CCN(C(=O)C3(C(F)(F)F)CC3)C2)CC1. The molecule has 2 aliphatic heterocycles. The van der Waals surface area contributed by atoms with Gasteiger partial charge in [-0.15, -0.1) is 0 Å². The molecule has 0 unspecified atom stereocenters. The van der Waals surface area contributed by atoms with Crippen LogP contribution in [0.15, 0.2) is 0 Å². The van der Waals surface area contributed by atoms with E-state index in [4.69, 9.17) is 0 Å². The number of nitrogens with zero attached hydrogens (tertiary/aromatic N) is 2. The molecule has 0 radical (unpaired) electrons. The van der Waals surface area contributed by atoms with Crippen LogP contribution in [0.3, 0.4) is 0 Å². The van der Waals surface area contributed by atoms with Crippen LogP contribution in [0.25, 0.3) is 0 Å². The van der Waals surface area contributed by atoms with E-state index in [1.54, 1.807) is 0 Å². The van der Waals surface area contributed by atoms with Gasteiger partial charge in [0, 0.05) is 19.6 Å². The zero-order valence-corrected chi connectivity index (χ0v) is 14.7. The predicted molar refractivity (Wildman–Crippen MR) is 86.4 cm³/mol. The molecule has 24 heavy (non-hydrogen) atoms. The van der Waals surface area contributed by atoms with E-state index < -0.39 is 17.5 Å². The first-order valence-corrected chi connectivity index (χ1v) is 9.31. The molecule has 3 aliphatic rings. The molecule has 0 spiro atoms. The molecular formula is C18H29F3N2O. The summed E-state index contributed by atoms with van der Waals surface area (Å²) in [6.45, 7) is 8.77. The normalized spacial score (nSPS) is 28.6. The summed E-state index contributed by atoms with van der Waals surface area (Å²) >= 11 is 0. The molecule has 0 N–H and O–H groups in total. The molecule has 6 heteroatoms. The Morgan fingerprint density at radius 2 is 1.67 bits per heavy atom. The maximum atomic E-state index is 13.1. The Bertz CT molecular complexity index is 465. The molecule has 3 rings (SSSR count). The van der Waals surface area contributed by atoms with Gasteiger partial charge in [0.05, 0.1) is 0 Å². The number of alkyl halides is 3. The van der Waals surface area contributed by atoms with Crippen LogP contribution in [0.4, 0.5) is 13.2 Å². The largest absolute Gasteiger partial charge is 0.403 e. The van der Waals surface area contributed by atoms with Crippen molar-refractivity contribution in [2.45, 2.75) is 52.1 Å². The number of likely N-dealkylation sites (tertiary alicyclic amines) is 2. The molecule has 0 aromatic rings. The lowest BCUT2D eigenvalue weighted by Crippen LogP contribution is -2.43. The second kappa shape index (κ2) is 6.50. The summed E-state index contributed by atoms with van der Waals surface area (Å²) in [6.07, 6.45) is -1.33. The van der Waals surface area contributed by atoms with E-state index in [9.17, 15) is 18.0 Å². The summed E-state index contributed by atoms with van der Waals surface area (Å²) in [5.41, 5.74) is -2.04. The van der Waals surface area contributed by atoms with Gasteiger partial charge in [0.15, 0.2) is 0 Å². The smallest absolute Gasteiger partial charge is 0.342 e. The van der Waals surface area contributed by atoms with Crippen molar-refractivity contribution in [1.82, 2.24) is 9.80 Å². The molecule has 1 saturated carbocycles. The van der Waals surface area contributed by atoms with Crippen molar-refractivity contribution >= 4 is 5.91 Å². The maximum Gasteiger partial charge on any atom is 0.403 e. The molecule has 2 heterocycles. The zero-order valence-electron chi connectivity index (χ0n) is 14.7. The fraction of sp³-hybridized carbons (Fsp3) is 0.944. The monoisotopic (exact) mass is 346 g/mol. The molecule has 0 aromatic heterocycles. The number of piperidine rings is 1. The van der Waals surface area contributed by atoms with E-state index in [1.165, 1.54) is 4.90 Å². The molecule has 1 aliphatic carbocycles. The van der Waals surface area contributed by atoms with Crippen molar-refractivity contribution in [3.63, 3.8) is 0 Å². The highest BCUT2D eigenvalue weighted by Crippen LogP contribution is 2.59. The van der Waals surface area contributed by atoms with Crippen molar-refractivity contribution in [3.05, 3.63) is 0 Å². The van der Waals surface area contributed by atoms with Crippen molar-refractivity contribution in [2.75, 3.05) is 32.7 Å². The molecule has 0 bridgehead atoms. The van der Waals surface area contributed by atoms with Gasteiger partial charge in [-0.2, -0.15) is 13.2 Å². The summed E-state index contributed by atoms with van der Waals surface area (Å²) in [6, 6.07) is 0. The third-order valence-corrected chi connectivity index (χ3v) is 6.14. The molecule has 0 aromatic carbocycles. The highest BCUT2D eigenvalue weighted by atomic mass is 19.4. The number of amides is 1. The minimum atomic E-state index is -4.38. The third-order valence-electron chi connectivity index (χ3n) is 6.14. The van der Waals surface area contributed by atoms with Gasteiger partial charge in [0.2, 0.25) is 5.91 Å². The van der Waals surface area contributed by atoms with Gasteiger partial charge in [-0.05, 0) is 62.9 Å². The fourth-order valence-electron chi connectivity index (χ4n) is 4.53. The first-order valence-electron chi connectivity index (χ1n) is 9.31. The second-order valence-corrected chi connectivity index (χ2v) is 8.41. The zero-order chi connectivity index (χ0) is 17.5. The van der Waals surface area contributed by atoms with Gasteiger partial charge in [0.1, 0.15) is 5.41 Å². The van der Waals surface area contributed by atoms with Crippen LogP contribution in [-0.2, 0) is 4.79 Å². The lowest BCUT2D eigenvalue weighted by molar-refractivity contribution is -0.198. The molecule has 3 nitrogen and oxygen atoms in total. The topological polar surface area (TPSA) is 23.6 Å². The average molecular weight is 346 g/mol. The van der Waals surface area contributed by atoms with E-state index >= 15 is 0 Å². The highest BCUT2D eigenvalue weighted by Gasteiger charge is 2.69. The lowest BCUT2D eigenvalue weighted by atomic mass is 9.83. The second-order valence-electron chi connectivity index (χ2n) is 8.41. The first-order chi connectivity index (χ1) is 11.2. The van der Waals surface area contributed by atoms with Gasteiger partial charge in [-0.3, -0.25) is 4.79 Å². The molecule has 1 atom stereocenters. The number of carbonyl (C=O) groups is 1. The molecule has 1 amide bonds. The Kier molecular flexibility index (Phi) is 4.89. The van der Waals surface area contributed by atoms with E-state index in [-0.39, 0.29) is 12.8 Å². The maximum absolute atomic E-state index is 13.1. The number of carbonyl (C=O) groups excluding carboxylic acids is 1. The predicted octanol–water partition coefficient (Wildman–Crippen LogP) is 3.55. The number of hydrogen-bond donors (Lipinski definition) is 0. The number of rotatable bonds is 4. The van der Waals surface area contributed by atoms with Crippen LogP contribution in [0.2, 0.25) is 0 Å². The van der Waals surface area contributed by atoms with Crippen molar-refractivity contribution in [3.8, 4) is 0 Å². The standard InChI is InChI=1S/C18H29F3N2O/c1-13(2)11-22-8-3-14(4-9-22)15-5-10-23(12-15)16(24)17(6-7-17)18(19,20)21/h13-15H,3-12H2,1-2H3/t15-/m1/s1. The lowest BCUT2D eigenvalue weighted by Gasteiger charge is -2.35. The Balaban J connectivity index is 1.51. The van der Waals surface area contributed by atoms with E-state index in [1.807, 2.05) is 0 Å². The Labute approximate surface area is 142 Å². The quantitative estimate of drug-likeness (QED) is 0.777. The highest BCUT2D eigenvalue weighted by molar-refractivity contribution is 5.86. The fourth-order valence-corrected chi connectivity index (χ4v) is 4.53. The molecule has 138 valence electrons. The summed E-state index contributed by atoms with van der Waals surface area (Å²) in [4.78, 5) is 16.4. The van der Waals surface area contributed by atoms with Crippen molar-refractivity contribution < 1.29 is 18.0 Å². The molecule has 2 saturated heterocycles. The minimum absolute atomic E-state index is 0.0237. The van der Waals surface area contributed by atoms with Crippen molar-refractivity contribution in [1.29, 1.82) is 0 Å². The van der Waals surface area contributed by atoms with Gasteiger partial charge in [0.25, 0.3) is 0 Å². The van der Waals surface area contributed by atoms with E-state index in [0.717, 1.165) is 38.9 Å². The van der Waals surface area contributed by atoms with Gasteiger partial charge < -0.3 is 9.80 Å². The minimum Gasteiger partial charge on any atom is -0.342 e. The van der Waals surface area contributed by atoms with Crippen LogP contribution in [0.5, 0.6) is 0 Å². The Hall–Kier alpha value is -0.780. The van der Waals surface area contributed by atoms with E-state index in [0.29, 0.717) is 30.8 Å². The van der Waals surface area contributed by atoms with Gasteiger partial charge in [-0.25, -0.2) is 0 Å². The van der Waals surface area contributed by atoms with Crippen LogP contribution >= 0.6 is 0 Å². The average Bonchev–Trinajstić information content (AvgIpc) is 3.19. The Morgan fingerprint density at radius 1 is 1.08 bits per heavy atom. The number of halogens is 3. The number of hydrogen-bond acceptors (Lipinski definition) is 2. The van der Waals surface area contributed by atoms with Crippen molar-refractivity contribution in [2.24, 2.45) is 23.2 Å². The third kappa shape index (κ3) is 3.44. The summed E-state index contributed by atoms with van der Waals surface area (Å²) < 4.78 is 39.4. The van der Waals surface area contributed by atoms with Crippen LogP contribution in [0.1, 0.15) is 46.0 Å². The van der Waals surface area contributed by atoms with Crippen LogP contribution in [-0.4, -0.2) is 54.6 Å². The Morgan fingerprint density at radius 3 is 2.17 bits per heavy atom. The van der Waals surface area contributed by atoms with Crippen LogP contribution < -0.4 is 0 Å². The van der Waals surface area contributed by atoms with Gasteiger partial charge in [-0.1, -0.05) is 13.8 Å². The summed E-state index contributed by atoms with van der Waals surface area (Å²) in [5, 5.41) is 0.